The Morgan fingerprint density at radius 3 is 2.09 bits per heavy atom. The van der Waals surface area contributed by atoms with Gasteiger partial charge in [0.25, 0.3) is 0 Å². The number of aliphatic hydroxyl groups is 4. The minimum atomic E-state index is -1.72. The molecule has 2 heterocycles. The molecule has 0 saturated carbocycles. The van der Waals surface area contributed by atoms with E-state index in [-0.39, 0.29) is 5.92 Å². The number of hydrogen-bond donors (Lipinski definition) is 6. The van der Waals surface area contributed by atoms with E-state index in [0.29, 0.717) is 0 Å². The molecular weight excluding hydrogens is 430 g/mol. The zero-order valence-corrected chi connectivity index (χ0v) is 18.8. The molecule has 2 rings (SSSR count). The predicted octanol–water partition coefficient (Wildman–Crippen LogP) is -2.02. The van der Waals surface area contributed by atoms with Crippen molar-refractivity contribution in [3.05, 3.63) is 0 Å². The number of aliphatic hydroxyl groups excluding tert-OH is 4. The first kappa shape index (κ1) is 26.9. The lowest BCUT2D eigenvalue weighted by Crippen LogP contribution is -2.68. The Balaban J connectivity index is 2.34. The molecule has 0 radical (unpaired) electrons. The Bertz CT molecular complexity index is 645. The number of nitrogens with one attached hydrogen (secondary N) is 1. The van der Waals surface area contributed by atoms with Gasteiger partial charge in [-0.05, 0) is 19.8 Å². The van der Waals surface area contributed by atoms with Crippen molar-refractivity contribution in [2.75, 3.05) is 6.61 Å². The number of amides is 1. The lowest BCUT2D eigenvalue weighted by atomic mass is 9.87. The van der Waals surface area contributed by atoms with Crippen LogP contribution in [0.5, 0.6) is 0 Å². The fourth-order valence-corrected chi connectivity index (χ4v) is 4.03. The van der Waals surface area contributed by atoms with Crippen LogP contribution in [0.25, 0.3) is 0 Å². The van der Waals surface area contributed by atoms with Gasteiger partial charge in [-0.1, -0.05) is 13.8 Å². The van der Waals surface area contributed by atoms with Gasteiger partial charge < -0.3 is 49.8 Å². The number of carboxylic acids is 1. The lowest BCUT2D eigenvalue weighted by Gasteiger charge is -2.48. The third-order valence-electron chi connectivity index (χ3n) is 5.47. The third kappa shape index (κ3) is 5.94. The summed E-state index contributed by atoms with van der Waals surface area (Å²) < 4.78 is 22.4. The van der Waals surface area contributed by atoms with E-state index >= 15 is 0 Å². The Morgan fingerprint density at radius 2 is 1.62 bits per heavy atom. The zero-order chi connectivity index (χ0) is 24.3. The highest BCUT2D eigenvalue weighted by Crippen LogP contribution is 2.32. The number of hydrogen-bond acceptors (Lipinski definition) is 10. The second kappa shape index (κ2) is 11.2. The van der Waals surface area contributed by atoms with E-state index in [1.165, 1.54) is 6.92 Å². The summed E-state index contributed by atoms with van der Waals surface area (Å²) in [5.74, 6) is -2.04. The summed E-state index contributed by atoms with van der Waals surface area (Å²) in [5, 5.41) is 53.7. The molecule has 0 aromatic heterocycles. The Kier molecular flexibility index (Phi) is 9.37. The maximum Gasteiger partial charge on any atom is 0.335 e. The molecule has 10 atom stereocenters. The summed E-state index contributed by atoms with van der Waals surface area (Å²) in [7, 11) is 0. The second-order valence-corrected chi connectivity index (χ2v) is 8.78. The molecule has 12 heteroatoms. The van der Waals surface area contributed by atoms with Gasteiger partial charge >= 0.3 is 5.97 Å². The largest absolute Gasteiger partial charge is 0.479 e. The van der Waals surface area contributed by atoms with Crippen molar-refractivity contribution in [1.29, 1.82) is 0 Å². The van der Waals surface area contributed by atoms with Gasteiger partial charge in [0.1, 0.15) is 36.6 Å². The first-order valence-electron chi connectivity index (χ1n) is 10.7. The molecule has 0 aromatic rings. The van der Waals surface area contributed by atoms with Gasteiger partial charge in [-0.15, -0.1) is 0 Å². The number of ether oxygens (including phenoxy) is 4. The van der Waals surface area contributed by atoms with Crippen molar-refractivity contribution in [2.45, 2.75) is 102 Å². The van der Waals surface area contributed by atoms with Crippen LogP contribution in [-0.2, 0) is 28.5 Å². The van der Waals surface area contributed by atoms with E-state index in [1.807, 2.05) is 13.8 Å². The van der Waals surface area contributed by atoms with Crippen molar-refractivity contribution in [3.63, 3.8) is 0 Å². The maximum atomic E-state index is 11.8. The second-order valence-electron chi connectivity index (χ2n) is 8.78. The van der Waals surface area contributed by atoms with Crippen molar-refractivity contribution in [1.82, 2.24) is 5.32 Å². The molecular formula is C20H35NO11. The molecule has 2 aliphatic rings. The Hall–Kier alpha value is -1.38. The van der Waals surface area contributed by atoms with Crippen LogP contribution in [0.4, 0.5) is 0 Å². The Morgan fingerprint density at radius 1 is 1.00 bits per heavy atom. The van der Waals surface area contributed by atoms with Crippen LogP contribution < -0.4 is 5.32 Å². The zero-order valence-electron chi connectivity index (χ0n) is 18.8. The number of rotatable bonds is 8. The van der Waals surface area contributed by atoms with Crippen LogP contribution in [0.1, 0.15) is 34.6 Å². The summed E-state index contributed by atoms with van der Waals surface area (Å²) in [6.07, 6.45) is -13.0. The van der Waals surface area contributed by atoms with Gasteiger partial charge in [0.2, 0.25) is 5.91 Å². The SMILES string of the molecule is CC(=O)NC1C(C(C)C)OC(CO)C(O)C1OC1OC(C(=O)O)C(OC(C)C)C(O)C1O. The average molecular weight is 465 g/mol. The van der Waals surface area contributed by atoms with Crippen molar-refractivity contribution in [2.24, 2.45) is 5.92 Å². The Labute approximate surface area is 186 Å². The highest BCUT2D eigenvalue weighted by molar-refractivity contribution is 5.74. The standard InChI is InChI=1S/C20H35NO11/c1-7(2)15-11(21-9(5)23)16(12(24)10(6-22)30-15)31-20-14(26)13(25)17(29-8(3)4)18(32-20)19(27)28/h7-8,10-18,20,22,24-26H,6H2,1-5H3,(H,21,23)(H,27,28). The summed E-state index contributed by atoms with van der Waals surface area (Å²) in [4.78, 5) is 23.5. The van der Waals surface area contributed by atoms with E-state index in [0.717, 1.165) is 0 Å². The average Bonchev–Trinajstić information content (AvgIpc) is 2.68. The summed E-state index contributed by atoms with van der Waals surface area (Å²) in [6.45, 7) is 7.62. The predicted molar refractivity (Wildman–Crippen MR) is 107 cm³/mol. The van der Waals surface area contributed by atoms with E-state index in [2.05, 4.69) is 5.32 Å². The van der Waals surface area contributed by atoms with Crippen molar-refractivity contribution >= 4 is 11.9 Å². The molecule has 32 heavy (non-hydrogen) atoms. The smallest absolute Gasteiger partial charge is 0.335 e. The van der Waals surface area contributed by atoms with Gasteiger partial charge in [-0.3, -0.25) is 4.79 Å². The van der Waals surface area contributed by atoms with Crippen molar-refractivity contribution < 1.29 is 54.1 Å². The number of carboxylic acid groups (broad SMARTS) is 1. The normalized spacial score (nSPS) is 40.5. The number of aliphatic carboxylic acids is 1. The maximum absolute atomic E-state index is 11.8. The molecule has 0 spiro atoms. The van der Waals surface area contributed by atoms with Gasteiger partial charge in [0, 0.05) is 6.92 Å². The van der Waals surface area contributed by atoms with Gasteiger partial charge in [0.05, 0.1) is 24.9 Å². The molecule has 2 fully saturated rings. The van der Waals surface area contributed by atoms with Crippen LogP contribution in [-0.4, -0.2) is 111 Å². The van der Waals surface area contributed by atoms with Crippen LogP contribution >= 0.6 is 0 Å². The van der Waals surface area contributed by atoms with Crippen molar-refractivity contribution in [3.8, 4) is 0 Å². The number of carbonyl (C=O) groups excluding carboxylic acids is 1. The third-order valence-corrected chi connectivity index (χ3v) is 5.47. The van der Waals surface area contributed by atoms with Gasteiger partial charge in [-0.25, -0.2) is 4.79 Å². The summed E-state index contributed by atoms with van der Waals surface area (Å²) in [6, 6.07) is -0.911. The van der Waals surface area contributed by atoms with Gasteiger partial charge in [0.15, 0.2) is 12.4 Å². The van der Waals surface area contributed by atoms with Crippen LogP contribution in [0.3, 0.4) is 0 Å². The molecule has 0 bridgehead atoms. The molecule has 2 saturated heterocycles. The highest BCUT2D eigenvalue weighted by Gasteiger charge is 2.53. The molecule has 6 N–H and O–H groups in total. The first-order valence-corrected chi connectivity index (χ1v) is 10.7. The monoisotopic (exact) mass is 465 g/mol. The molecule has 2 aliphatic heterocycles. The van der Waals surface area contributed by atoms with E-state index < -0.39 is 85.8 Å². The minimum absolute atomic E-state index is 0.169. The van der Waals surface area contributed by atoms with Gasteiger partial charge in [-0.2, -0.15) is 0 Å². The minimum Gasteiger partial charge on any atom is -0.479 e. The molecule has 12 nitrogen and oxygen atoms in total. The van der Waals surface area contributed by atoms with E-state index in [1.54, 1.807) is 13.8 Å². The quantitative estimate of drug-likeness (QED) is 0.232. The number of carbonyl (C=O) groups is 2. The molecule has 0 aromatic carbocycles. The fourth-order valence-electron chi connectivity index (χ4n) is 4.03. The van der Waals surface area contributed by atoms with Crippen LogP contribution in [0.15, 0.2) is 0 Å². The topological polar surface area (TPSA) is 184 Å². The summed E-state index contributed by atoms with van der Waals surface area (Å²) in [5.41, 5.74) is 0. The fraction of sp³-hybridized carbons (Fsp3) is 0.900. The molecule has 10 unspecified atom stereocenters. The molecule has 0 aliphatic carbocycles. The highest BCUT2D eigenvalue weighted by atomic mass is 16.7. The van der Waals surface area contributed by atoms with Crippen LogP contribution in [0.2, 0.25) is 0 Å². The summed E-state index contributed by atoms with van der Waals surface area (Å²) >= 11 is 0. The van der Waals surface area contributed by atoms with Crippen LogP contribution in [0, 0.1) is 5.92 Å². The molecule has 1 amide bonds. The first-order chi connectivity index (χ1) is 14.9. The van der Waals surface area contributed by atoms with E-state index in [9.17, 15) is 35.1 Å². The lowest BCUT2D eigenvalue weighted by molar-refractivity contribution is -0.333. The molecule has 186 valence electrons. The van der Waals surface area contributed by atoms with E-state index in [4.69, 9.17) is 18.9 Å².